The number of aromatic nitrogens is 2. The van der Waals surface area contributed by atoms with E-state index in [0.29, 0.717) is 11.8 Å². The Bertz CT molecular complexity index is 2460. The maximum atomic E-state index is 6.08. The van der Waals surface area contributed by atoms with E-state index in [1.807, 2.05) is 41.7 Å². The van der Waals surface area contributed by atoms with Gasteiger partial charge in [0.2, 0.25) is 11.8 Å². The van der Waals surface area contributed by atoms with Gasteiger partial charge in [0.05, 0.1) is 0 Å². The van der Waals surface area contributed by atoms with E-state index in [-0.39, 0.29) is 0 Å². The fourth-order valence-electron chi connectivity index (χ4n) is 7.49. The van der Waals surface area contributed by atoms with Crippen LogP contribution in [0.2, 0.25) is 0 Å². The molecule has 3 nitrogen and oxygen atoms in total. The molecule has 0 amide bonds. The lowest BCUT2D eigenvalue weighted by atomic mass is 9.89. The summed E-state index contributed by atoms with van der Waals surface area (Å²) < 4.78 is 8.66. The summed E-state index contributed by atoms with van der Waals surface area (Å²) >= 11 is 1.87. The number of nitrogens with zero attached hydrogens (tertiary/aromatic N) is 2. The molecule has 0 spiro atoms. The third kappa shape index (κ3) is 5.23. The number of hydrogen-bond donors (Lipinski definition) is 0. The molecular formula is C44H36N2OS. The van der Waals surface area contributed by atoms with Crippen LogP contribution in [0, 0.1) is 41.5 Å². The summed E-state index contributed by atoms with van der Waals surface area (Å²) in [4.78, 5) is 0. The van der Waals surface area contributed by atoms with Crippen LogP contribution in [0.15, 0.2) is 114 Å². The SMILES string of the molecule is Cc1cc(C)c(-c2ccc3sc4c(-c5ccc(-c6nnc(-c7ccccc7)o6)cc5)cc(-c5c(C)cc(C)cc5C)cc4c3c2)c(C)c1. The summed E-state index contributed by atoms with van der Waals surface area (Å²) in [6, 6.07) is 39.4. The number of fused-ring (bicyclic) bond motifs is 3. The Morgan fingerprint density at radius 3 is 1.56 bits per heavy atom. The minimum atomic E-state index is 0.515. The average molecular weight is 641 g/mol. The summed E-state index contributed by atoms with van der Waals surface area (Å²) in [6.45, 7) is 13.3. The van der Waals surface area contributed by atoms with Crippen LogP contribution in [0.3, 0.4) is 0 Å². The summed E-state index contributed by atoms with van der Waals surface area (Å²) in [7, 11) is 0. The van der Waals surface area contributed by atoms with Crippen molar-refractivity contribution in [2.45, 2.75) is 41.5 Å². The van der Waals surface area contributed by atoms with Crippen LogP contribution in [-0.4, -0.2) is 10.2 Å². The highest BCUT2D eigenvalue weighted by molar-refractivity contribution is 7.26. The first-order valence-electron chi connectivity index (χ1n) is 16.4. The van der Waals surface area contributed by atoms with Crippen molar-refractivity contribution >= 4 is 31.5 Å². The van der Waals surface area contributed by atoms with Gasteiger partial charge in [0.25, 0.3) is 0 Å². The third-order valence-corrected chi connectivity index (χ3v) is 10.6. The van der Waals surface area contributed by atoms with Crippen molar-refractivity contribution in [3.8, 4) is 56.3 Å². The maximum absolute atomic E-state index is 6.08. The number of aryl methyl sites for hydroxylation is 6. The molecule has 0 atom stereocenters. The van der Waals surface area contributed by atoms with E-state index >= 15 is 0 Å². The van der Waals surface area contributed by atoms with Crippen molar-refractivity contribution in [1.29, 1.82) is 0 Å². The number of benzene rings is 6. The van der Waals surface area contributed by atoms with Gasteiger partial charge in [0.1, 0.15) is 0 Å². The first-order valence-corrected chi connectivity index (χ1v) is 17.2. The fourth-order valence-corrected chi connectivity index (χ4v) is 8.69. The highest BCUT2D eigenvalue weighted by atomic mass is 32.1. The van der Waals surface area contributed by atoms with Crippen molar-refractivity contribution in [2.75, 3.05) is 0 Å². The number of thiophene rings is 1. The standard InChI is InChI=1S/C44H36N2OS/c1-25-18-27(3)40(28(4)19-25)34-16-17-39-37(22-34)38-24-35(41-29(5)20-26(2)21-30(41)6)23-36(42(38)48-39)31-12-14-33(15-13-31)44-46-45-43(47-44)32-10-8-7-9-11-32/h7-24H,1-6H3. The van der Waals surface area contributed by atoms with E-state index in [0.717, 1.165) is 16.7 Å². The Morgan fingerprint density at radius 1 is 0.458 bits per heavy atom. The highest BCUT2D eigenvalue weighted by Gasteiger charge is 2.18. The lowest BCUT2D eigenvalue weighted by molar-refractivity contribution is 0.584. The lowest BCUT2D eigenvalue weighted by Crippen LogP contribution is -1.92. The molecule has 0 aliphatic heterocycles. The molecule has 0 unspecified atom stereocenters. The molecule has 8 rings (SSSR count). The summed E-state index contributed by atoms with van der Waals surface area (Å²) in [5.74, 6) is 1.04. The van der Waals surface area contributed by atoms with Gasteiger partial charge in [-0.25, -0.2) is 0 Å². The van der Waals surface area contributed by atoms with Crippen molar-refractivity contribution in [3.05, 3.63) is 143 Å². The second-order valence-electron chi connectivity index (χ2n) is 13.1. The van der Waals surface area contributed by atoms with Crippen molar-refractivity contribution in [2.24, 2.45) is 0 Å². The van der Waals surface area contributed by atoms with Crippen LogP contribution in [0.1, 0.15) is 33.4 Å². The van der Waals surface area contributed by atoms with Gasteiger partial charge >= 0.3 is 0 Å². The monoisotopic (exact) mass is 640 g/mol. The first-order chi connectivity index (χ1) is 23.2. The molecular weight excluding hydrogens is 605 g/mol. The predicted molar refractivity (Wildman–Crippen MR) is 203 cm³/mol. The van der Waals surface area contributed by atoms with Gasteiger partial charge in [0.15, 0.2) is 0 Å². The first kappa shape index (κ1) is 30.0. The van der Waals surface area contributed by atoms with Crippen LogP contribution >= 0.6 is 11.3 Å². The molecule has 6 aromatic carbocycles. The smallest absolute Gasteiger partial charge is 0.248 e. The van der Waals surface area contributed by atoms with Crippen molar-refractivity contribution in [1.82, 2.24) is 10.2 Å². The minimum absolute atomic E-state index is 0.515. The molecule has 48 heavy (non-hydrogen) atoms. The van der Waals surface area contributed by atoms with Gasteiger partial charge in [-0.15, -0.1) is 21.5 Å². The molecule has 0 bridgehead atoms. The molecule has 0 aliphatic rings. The van der Waals surface area contributed by atoms with E-state index < -0.39 is 0 Å². The van der Waals surface area contributed by atoms with Crippen molar-refractivity contribution in [3.63, 3.8) is 0 Å². The van der Waals surface area contributed by atoms with E-state index in [4.69, 9.17) is 4.42 Å². The molecule has 4 heteroatoms. The lowest BCUT2D eigenvalue weighted by Gasteiger charge is -2.15. The minimum Gasteiger partial charge on any atom is -0.416 e. The molecule has 8 aromatic rings. The Kier molecular flexibility index (Phi) is 7.34. The zero-order chi connectivity index (χ0) is 33.1. The zero-order valence-corrected chi connectivity index (χ0v) is 28.9. The largest absolute Gasteiger partial charge is 0.416 e. The van der Waals surface area contributed by atoms with Crippen LogP contribution in [0.5, 0.6) is 0 Å². The van der Waals surface area contributed by atoms with Gasteiger partial charge in [-0.1, -0.05) is 71.8 Å². The quantitative estimate of drug-likeness (QED) is 0.188. The molecule has 2 aromatic heterocycles. The van der Waals surface area contributed by atoms with Gasteiger partial charge in [0, 0.05) is 36.9 Å². The van der Waals surface area contributed by atoms with Crippen LogP contribution in [0.25, 0.3) is 76.5 Å². The van der Waals surface area contributed by atoms with E-state index in [9.17, 15) is 0 Å². The predicted octanol–water partition coefficient (Wildman–Crippen LogP) is 12.6. The maximum Gasteiger partial charge on any atom is 0.248 e. The average Bonchev–Trinajstić information content (AvgIpc) is 3.70. The molecule has 0 fully saturated rings. The Labute approximate surface area is 285 Å². The molecule has 2 heterocycles. The Hall–Kier alpha value is -5.32. The topological polar surface area (TPSA) is 38.9 Å². The fraction of sp³-hybridized carbons (Fsp3) is 0.136. The van der Waals surface area contributed by atoms with Crippen LogP contribution in [0.4, 0.5) is 0 Å². The number of rotatable bonds is 5. The molecule has 234 valence electrons. The zero-order valence-electron chi connectivity index (χ0n) is 28.1. The second-order valence-corrected chi connectivity index (χ2v) is 14.2. The van der Waals surface area contributed by atoms with Crippen molar-refractivity contribution < 1.29 is 4.42 Å². The van der Waals surface area contributed by atoms with Gasteiger partial charge in [-0.2, -0.15) is 0 Å². The normalized spacial score (nSPS) is 11.5. The van der Waals surface area contributed by atoms with Gasteiger partial charge in [-0.05, 0) is 140 Å². The number of hydrogen-bond acceptors (Lipinski definition) is 4. The molecule has 0 saturated heterocycles. The van der Waals surface area contributed by atoms with Crippen LogP contribution in [-0.2, 0) is 0 Å². The van der Waals surface area contributed by atoms with E-state index in [1.165, 1.54) is 81.4 Å². The summed E-state index contributed by atoms with van der Waals surface area (Å²) in [5, 5.41) is 11.3. The Balaban J connectivity index is 1.30. The van der Waals surface area contributed by atoms with E-state index in [2.05, 4.69) is 131 Å². The third-order valence-electron chi connectivity index (χ3n) is 9.39. The van der Waals surface area contributed by atoms with Gasteiger partial charge < -0.3 is 4.42 Å². The second kappa shape index (κ2) is 11.7. The molecule has 0 aliphatic carbocycles. The summed E-state index contributed by atoms with van der Waals surface area (Å²) in [5.41, 5.74) is 17.2. The van der Waals surface area contributed by atoms with Crippen LogP contribution < -0.4 is 0 Å². The Morgan fingerprint density at radius 2 is 0.958 bits per heavy atom. The van der Waals surface area contributed by atoms with Gasteiger partial charge in [-0.3, -0.25) is 0 Å². The molecule has 0 N–H and O–H groups in total. The highest BCUT2D eigenvalue weighted by Crippen LogP contribution is 2.45. The summed E-state index contributed by atoms with van der Waals surface area (Å²) in [6.07, 6.45) is 0. The van der Waals surface area contributed by atoms with E-state index in [1.54, 1.807) is 0 Å². The molecule has 0 radical (unpaired) electrons. The molecule has 0 saturated carbocycles.